The maximum Gasteiger partial charge on any atom is 0.407 e. The number of fused-ring (bicyclic) bond motifs is 2. The van der Waals surface area contributed by atoms with E-state index < -0.39 is 0 Å². The number of unbranched alkanes of at least 4 members (excludes halogenated alkanes) is 1. The molecule has 1 heterocycles. The molecule has 0 aromatic heterocycles. The molecule has 1 saturated heterocycles. The van der Waals surface area contributed by atoms with Crippen LogP contribution in [0.5, 0.6) is 0 Å². The van der Waals surface area contributed by atoms with Crippen LogP contribution >= 0.6 is 0 Å². The average molecular weight is 335 g/mol. The maximum atomic E-state index is 12.0. The molecule has 1 aliphatic carbocycles. The lowest BCUT2D eigenvalue weighted by atomic mass is 9.56. The Kier molecular flexibility index (Phi) is 6.50. The second-order valence-electron chi connectivity index (χ2n) is 7.40. The van der Waals surface area contributed by atoms with Gasteiger partial charge in [0.2, 0.25) is 0 Å². The Morgan fingerprint density at radius 1 is 1.50 bits per heavy atom. The van der Waals surface area contributed by atoms with Gasteiger partial charge in [0.25, 0.3) is 0 Å². The summed E-state index contributed by atoms with van der Waals surface area (Å²) >= 11 is 0. The van der Waals surface area contributed by atoms with Crippen LogP contribution < -0.4 is 5.32 Å². The summed E-state index contributed by atoms with van der Waals surface area (Å²) < 4.78 is 11.8. The molecule has 0 aromatic carbocycles. The van der Waals surface area contributed by atoms with Crippen LogP contribution in [0.1, 0.15) is 47.5 Å². The Bertz CT molecular complexity index is 499. The minimum Gasteiger partial charge on any atom is -0.449 e. The van der Waals surface area contributed by atoms with Gasteiger partial charge in [0, 0.05) is 17.9 Å². The molecule has 4 heteroatoms. The van der Waals surface area contributed by atoms with Crippen molar-refractivity contribution in [3.05, 3.63) is 23.8 Å². The molecule has 1 aliphatic heterocycles. The number of hydrogen-bond acceptors (Lipinski definition) is 3. The first kappa shape index (κ1) is 19.0. The quantitative estimate of drug-likeness (QED) is 0.581. The number of alkyl carbamates (subject to hydrolysis) is 1. The summed E-state index contributed by atoms with van der Waals surface area (Å²) in [6.07, 6.45) is 8.41. The van der Waals surface area contributed by atoms with Crippen molar-refractivity contribution in [3.8, 4) is 0 Å². The van der Waals surface area contributed by atoms with Gasteiger partial charge in [-0.25, -0.2) is 4.79 Å². The first-order valence-electron chi connectivity index (χ1n) is 9.29. The van der Waals surface area contributed by atoms with Gasteiger partial charge in [-0.3, -0.25) is 0 Å². The van der Waals surface area contributed by atoms with Gasteiger partial charge in [-0.15, -0.1) is 0 Å². The topological polar surface area (TPSA) is 47.6 Å². The fourth-order valence-corrected chi connectivity index (χ4v) is 4.29. The molecule has 2 bridgehead atoms. The number of hydrogen-bond donors (Lipinski definition) is 1. The molecular formula is C20H33NO3. The van der Waals surface area contributed by atoms with Crippen LogP contribution in [0.2, 0.25) is 0 Å². The minimum absolute atomic E-state index is 0.125. The molecule has 4 nitrogen and oxygen atoms in total. The fourth-order valence-electron chi connectivity index (χ4n) is 4.29. The summed E-state index contributed by atoms with van der Waals surface area (Å²) in [5, 5.41) is 2.83. The van der Waals surface area contributed by atoms with Gasteiger partial charge in [-0.05, 0) is 32.1 Å². The number of amides is 1. The van der Waals surface area contributed by atoms with Crippen molar-refractivity contribution in [1.29, 1.82) is 0 Å². The van der Waals surface area contributed by atoms with Crippen molar-refractivity contribution < 1.29 is 14.3 Å². The van der Waals surface area contributed by atoms with E-state index in [0.29, 0.717) is 37.5 Å². The third-order valence-electron chi connectivity index (χ3n) is 5.94. The largest absolute Gasteiger partial charge is 0.449 e. The first-order chi connectivity index (χ1) is 11.5. The first-order valence-corrected chi connectivity index (χ1v) is 9.29. The van der Waals surface area contributed by atoms with Crippen LogP contribution in [0.4, 0.5) is 4.79 Å². The number of nitrogens with one attached hydrogen (secondary N) is 1. The second kappa shape index (κ2) is 8.19. The molecule has 0 aromatic rings. The molecule has 0 saturated carbocycles. The molecule has 2 rings (SSSR count). The Hall–Kier alpha value is -1.29. The number of rotatable bonds is 6. The lowest BCUT2D eigenvalue weighted by Gasteiger charge is -2.54. The van der Waals surface area contributed by atoms with E-state index in [9.17, 15) is 4.79 Å². The lowest BCUT2D eigenvalue weighted by molar-refractivity contribution is -0.149. The van der Waals surface area contributed by atoms with Crippen LogP contribution in [0.15, 0.2) is 23.8 Å². The van der Waals surface area contributed by atoms with Crippen LogP contribution in [-0.4, -0.2) is 32.0 Å². The highest BCUT2D eigenvalue weighted by Gasteiger charge is 2.53. The third-order valence-corrected chi connectivity index (χ3v) is 5.94. The standard InChI is InChI=1S/C20H33NO3/c1-6-8-10-21-19(22)24-13-20-12-23-17(9-7-2)18(16(20)5)14(3)11-15(20)4/h7,9,11,15-18H,6,8,10,12-13H2,1-5H3,(H,21,22)/b9-7+/t15-,16+,17+,18+,20+/m0/s1. The summed E-state index contributed by atoms with van der Waals surface area (Å²) in [7, 11) is 0. The van der Waals surface area contributed by atoms with Crippen molar-refractivity contribution in [2.75, 3.05) is 19.8 Å². The Morgan fingerprint density at radius 2 is 2.25 bits per heavy atom. The molecule has 1 N–H and O–H groups in total. The van der Waals surface area contributed by atoms with E-state index in [0.717, 1.165) is 12.8 Å². The minimum atomic E-state index is -0.310. The summed E-state index contributed by atoms with van der Waals surface area (Å²) in [6, 6.07) is 0. The molecule has 1 amide bonds. The van der Waals surface area contributed by atoms with E-state index in [-0.39, 0.29) is 17.6 Å². The highest BCUT2D eigenvalue weighted by Crippen LogP contribution is 2.52. The molecule has 0 unspecified atom stereocenters. The number of allylic oxidation sites excluding steroid dienone is 2. The number of ether oxygens (including phenoxy) is 2. The van der Waals surface area contributed by atoms with Crippen molar-refractivity contribution in [2.24, 2.45) is 23.2 Å². The third kappa shape index (κ3) is 3.69. The molecule has 24 heavy (non-hydrogen) atoms. The molecule has 5 atom stereocenters. The molecule has 1 fully saturated rings. The van der Waals surface area contributed by atoms with Gasteiger partial charge in [0.1, 0.15) is 6.61 Å². The molecule has 0 spiro atoms. The highest BCUT2D eigenvalue weighted by molar-refractivity contribution is 5.67. The number of carbonyl (C=O) groups excluding carboxylic acids is 1. The second-order valence-corrected chi connectivity index (χ2v) is 7.40. The molecular weight excluding hydrogens is 302 g/mol. The summed E-state index contributed by atoms with van der Waals surface area (Å²) in [6.45, 7) is 12.6. The normalized spacial score (nSPS) is 35.6. The van der Waals surface area contributed by atoms with Crippen LogP contribution in [0.3, 0.4) is 0 Å². The summed E-state index contributed by atoms with van der Waals surface area (Å²) in [5.74, 6) is 1.10. The van der Waals surface area contributed by atoms with Crippen LogP contribution in [-0.2, 0) is 9.47 Å². The molecule has 136 valence electrons. The van der Waals surface area contributed by atoms with Crippen LogP contribution in [0.25, 0.3) is 0 Å². The molecule has 0 radical (unpaired) electrons. The van der Waals surface area contributed by atoms with Gasteiger partial charge in [-0.2, -0.15) is 0 Å². The van der Waals surface area contributed by atoms with Crippen molar-refractivity contribution >= 4 is 6.09 Å². The van der Waals surface area contributed by atoms with E-state index in [4.69, 9.17) is 9.47 Å². The maximum absolute atomic E-state index is 12.0. The van der Waals surface area contributed by atoms with Crippen molar-refractivity contribution in [3.63, 3.8) is 0 Å². The van der Waals surface area contributed by atoms with Gasteiger partial charge in [0.05, 0.1) is 12.7 Å². The average Bonchev–Trinajstić information content (AvgIpc) is 2.53. The van der Waals surface area contributed by atoms with Gasteiger partial charge in [-0.1, -0.05) is 51.0 Å². The van der Waals surface area contributed by atoms with Gasteiger partial charge < -0.3 is 14.8 Å². The van der Waals surface area contributed by atoms with E-state index in [1.807, 2.05) is 6.92 Å². The smallest absolute Gasteiger partial charge is 0.407 e. The zero-order chi connectivity index (χ0) is 17.7. The highest BCUT2D eigenvalue weighted by atomic mass is 16.6. The Morgan fingerprint density at radius 3 is 2.92 bits per heavy atom. The summed E-state index contributed by atoms with van der Waals surface area (Å²) in [4.78, 5) is 12.0. The van der Waals surface area contributed by atoms with E-state index >= 15 is 0 Å². The zero-order valence-electron chi connectivity index (χ0n) is 15.8. The predicted octanol–water partition coefficient (Wildman–Crippen LogP) is 4.32. The monoisotopic (exact) mass is 335 g/mol. The Labute approximate surface area is 146 Å². The van der Waals surface area contributed by atoms with Crippen molar-refractivity contribution in [1.82, 2.24) is 5.32 Å². The van der Waals surface area contributed by atoms with Crippen molar-refractivity contribution in [2.45, 2.75) is 53.6 Å². The SMILES string of the molecule is C/C=C/[C@H]1OC[C@]2(COC(=O)NCCCC)[C@H](C)[C@H]1C(C)=C[C@@H]2C. The van der Waals surface area contributed by atoms with Crippen LogP contribution in [0, 0.1) is 23.2 Å². The van der Waals surface area contributed by atoms with E-state index in [1.165, 1.54) is 5.57 Å². The summed E-state index contributed by atoms with van der Waals surface area (Å²) in [5.41, 5.74) is 1.26. The number of carbonyl (C=O) groups is 1. The van der Waals surface area contributed by atoms with Gasteiger partial charge >= 0.3 is 6.09 Å². The van der Waals surface area contributed by atoms with E-state index in [1.54, 1.807) is 0 Å². The molecule has 2 aliphatic rings. The van der Waals surface area contributed by atoms with Gasteiger partial charge in [0.15, 0.2) is 0 Å². The van der Waals surface area contributed by atoms with E-state index in [2.05, 4.69) is 51.2 Å². The Balaban J connectivity index is 2.09. The fraction of sp³-hybridized carbons (Fsp3) is 0.750. The lowest BCUT2D eigenvalue weighted by Crippen LogP contribution is -2.56. The zero-order valence-corrected chi connectivity index (χ0v) is 15.8. The predicted molar refractivity (Wildman–Crippen MR) is 96.8 cm³/mol.